The summed E-state index contributed by atoms with van der Waals surface area (Å²) >= 11 is 0. The lowest BCUT2D eigenvalue weighted by Gasteiger charge is -2.53. The van der Waals surface area contributed by atoms with Crippen molar-refractivity contribution in [2.75, 3.05) is 39.3 Å². The summed E-state index contributed by atoms with van der Waals surface area (Å²) in [5.74, 6) is 0.968. The molecule has 0 atom stereocenters. The molecule has 2 aliphatic heterocycles. The van der Waals surface area contributed by atoms with Crippen LogP contribution in [0.15, 0.2) is 0 Å². The van der Waals surface area contributed by atoms with Crippen LogP contribution in [0.4, 0.5) is 0 Å². The number of nitrogens with two attached hydrogens (primary N) is 1. The Morgan fingerprint density at radius 3 is 2.21 bits per heavy atom. The maximum Gasteiger partial charge on any atom is 0.00631 e. The molecule has 1 aliphatic carbocycles. The summed E-state index contributed by atoms with van der Waals surface area (Å²) in [5.41, 5.74) is 6.72. The van der Waals surface area contributed by atoms with Crippen molar-refractivity contribution < 1.29 is 0 Å². The molecule has 3 fully saturated rings. The molecule has 1 saturated carbocycles. The van der Waals surface area contributed by atoms with E-state index >= 15 is 0 Å². The molecule has 2 saturated heterocycles. The molecule has 110 valence electrons. The van der Waals surface area contributed by atoms with Crippen molar-refractivity contribution in [2.24, 2.45) is 17.1 Å². The van der Waals surface area contributed by atoms with Crippen molar-refractivity contribution in [1.82, 2.24) is 9.80 Å². The molecule has 3 aliphatic rings. The van der Waals surface area contributed by atoms with E-state index in [0.717, 1.165) is 11.3 Å². The second-order valence-corrected chi connectivity index (χ2v) is 7.38. The fourth-order valence-electron chi connectivity index (χ4n) is 4.42. The predicted octanol–water partition coefficient (Wildman–Crippen LogP) is 1.92. The first-order valence-electron chi connectivity index (χ1n) is 8.39. The van der Waals surface area contributed by atoms with Crippen LogP contribution in [0.2, 0.25) is 0 Å². The SMILES string of the molecule is CCN1CC2(CCC(CN3CCC(N)CC3)CC2)C1. The average molecular weight is 265 g/mol. The lowest BCUT2D eigenvalue weighted by molar-refractivity contribution is -0.0380. The van der Waals surface area contributed by atoms with Gasteiger partial charge in [0.1, 0.15) is 0 Å². The molecule has 0 aromatic carbocycles. The first kappa shape index (κ1) is 13.8. The Morgan fingerprint density at radius 1 is 1.00 bits per heavy atom. The van der Waals surface area contributed by atoms with E-state index in [1.165, 1.54) is 77.8 Å². The molecule has 2 N–H and O–H groups in total. The van der Waals surface area contributed by atoms with Gasteiger partial charge in [-0.3, -0.25) is 0 Å². The molecule has 3 nitrogen and oxygen atoms in total. The van der Waals surface area contributed by atoms with E-state index in [1.54, 1.807) is 0 Å². The molecule has 0 bridgehead atoms. The van der Waals surface area contributed by atoms with Crippen molar-refractivity contribution in [2.45, 2.75) is 51.5 Å². The summed E-state index contributed by atoms with van der Waals surface area (Å²) in [6.45, 7) is 10.1. The smallest absolute Gasteiger partial charge is 0.00631 e. The summed E-state index contributed by atoms with van der Waals surface area (Å²) in [4.78, 5) is 5.28. The van der Waals surface area contributed by atoms with Crippen LogP contribution in [0.5, 0.6) is 0 Å². The largest absolute Gasteiger partial charge is 0.328 e. The average Bonchev–Trinajstić information content (AvgIpc) is 2.40. The topological polar surface area (TPSA) is 32.5 Å². The van der Waals surface area contributed by atoms with Crippen LogP contribution in [0, 0.1) is 11.3 Å². The minimum atomic E-state index is 0.473. The first-order valence-corrected chi connectivity index (χ1v) is 8.39. The quantitative estimate of drug-likeness (QED) is 0.846. The van der Waals surface area contributed by atoms with Crippen LogP contribution in [-0.4, -0.2) is 55.1 Å². The van der Waals surface area contributed by atoms with Gasteiger partial charge in [-0.25, -0.2) is 0 Å². The molecule has 19 heavy (non-hydrogen) atoms. The highest BCUT2D eigenvalue weighted by Crippen LogP contribution is 2.45. The van der Waals surface area contributed by atoms with E-state index in [2.05, 4.69) is 16.7 Å². The highest BCUT2D eigenvalue weighted by molar-refractivity contribution is 4.97. The number of nitrogens with zero attached hydrogens (tertiary/aromatic N) is 2. The Kier molecular flexibility index (Phi) is 4.16. The highest BCUT2D eigenvalue weighted by atomic mass is 15.2. The zero-order chi connectivity index (χ0) is 13.3. The number of piperidine rings is 1. The van der Waals surface area contributed by atoms with Crippen molar-refractivity contribution in [3.05, 3.63) is 0 Å². The minimum Gasteiger partial charge on any atom is -0.328 e. The maximum atomic E-state index is 5.99. The third kappa shape index (κ3) is 3.14. The molecule has 2 heterocycles. The number of likely N-dealkylation sites (tertiary alicyclic amines) is 2. The van der Waals surface area contributed by atoms with Gasteiger partial charge in [-0.15, -0.1) is 0 Å². The van der Waals surface area contributed by atoms with Gasteiger partial charge in [0.15, 0.2) is 0 Å². The van der Waals surface area contributed by atoms with Crippen LogP contribution >= 0.6 is 0 Å². The molecular formula is C16H31N3. The molecule has 3 rings (SSSR count). The van der Waals surface area contributed by atoms with E-state index in [-0.39, 0.29) is 0 Å². The molecule has 1 spiro atoms. The Bertz CT molecular complexity index is 280. The third-order valence-corrected chi connectivity index (χ3v) is 5.88. The first-order chi connectivity index (χ1) is 9.19. The zero-order valence-electron chi connectivity index (χ0n) is 12.6. The van der Waals surface area contributed by atoms with E-state index in [0.29, 0.717) is 6.04 Å². The second-order valence-electron chi connectivity index (χ2n) is 7.38. The minimum absolute atomic E-state index is 0.473. The summed E-state index contributed by atoms with van der Waals surface area (Å²) < 4.78 is 0. The van der Waals surface area contributed by atoms with Gasteiger partial charge in [0.25, 0.3) is 0 Å². The van der Waals surface area contributed by atoms with Crippen molar-refractivity contribution in [3.8, 4) is 0 Å². The number of hydrogen-bond acceptors (Lipinski definition) is 3. The van der Waals surface area contributed by atoms with Crippen LogP contribution in [0.3, 0.4) is 0 Å². The van der Waals surface area contributed by atoms with Gasteiger partial charge < -0.3 is 15.5 Å². The number of rotatable bonds is 3. The molecule has 0 aromatic heterocycles. The van der Waals surface area contributed by atoms with E-state index in [9.17, 15) is 0 Å². The Hall–Kier alpha value is -0.120. The Morgan fingerprint density at radius 2 is 1.63 bits per heavy atom. The molecule has 0 amide bonds. The van der Waals surface area contributed by atoms with Gasteiger partial charge >= 0.3 is 0 Å². The monoisotopic (exact) mass is 265 g/mol. The Balaban J connectivity index is 1.39. The summed E-state index contributed by atoms with van der Waals surface area (Å²) in [7, 11) is 0. The normalized spacial score (nSPS) is 30.6. The van der Waals surface area contributed by atoms with Gasteiger partial charge in [0.05, 0.1) is 0 Å². The molecule has 0 unspecified atom stereocenters. The van der Waals surface area contributed by atoms with Crippen molar-refractivity contribution in [1.29, 1.82) is 0 Å². The van der Waals surface area contributed by atoms with Crippen molar-refractivity contribution >= 4 is 0 Å². The lowest BCUT2D eigenvalue weighted by atomic mass is 9.66. The van der Waals surface area contributed by atoms with Gasteiger partial charge in [0, 0.05) is 25.7 Å². The molecular weight excluding hydrogens is 234 g/mol. The third-order valence-electron chi connectivity index (χ3n) is 5.88. The Labute approximate surface area is 118 Å². The van der Waals surface area contributed by atoms with Gasteiger partial charge in [-0.2, -0.15) is 0 Å². The molecule has 0 aromatic rings. The van der Waals surface area contributed by atoms with E-state index < -0.39 is 0 Å². The standard InChI is InChI=1S/C16H31N3/c1-2-18-12-16(13-18)7-3-14(4-8-16)11-19-9-5-15(17)6-10-19/h14-15H,2-13,17H2,1H3. The van der Waals surface area contributed by atoms with Crippen LogP contribution in [0.1, 0.15) is 45.4 Å². The van der Waals surface area contributed by atoms with Gasteiger partial charge in [-0.05, 0) is 69.5 Å². The zero-order valence-corrected chi connectivity index (χ0v) is 12.6. The highest BCUT2D eigenvalue weighted by Gasteiger charge is 2.44. The predicted molar refractivity (Wildman–Crippen MR) is 80.2 cm³/mol. The van der Waals surface area contributed by atoms with Crippen LogP contribution in [-0.2, 0) is 0 Å². The lowest BCUT2D eigenvalue weighted by Crippen LogP contribution is -2.57. The van der Waals surface area contributed by atoms with Crippen molar-refractivity contribution in [3.63, 3.8) is 0 Å². The maximum absolute atomic E-state index is 5.99. The number of hydrogen-bond donors (Lipinski definition) is 1. The molecule has 3 heteroatoms. The summed E-state index contributed by atoms with van der Waals surface area (Å²) in [6, 6.07) is 0.473. The van der Waals surface area contributed by atoms with Gasteiger partial charge in [-0.1, -0.05) is 6.92 Å². The second kappa shape index (κ2) is 5.71. The fourth-order valence-corrected chi connectivity index (χ4v) is 4.42. The van der Waals surface area contributed by atoms with Crippen LogP contribution < -0.4 is 5.73 Å². The van der Waals surface area contributed by atoms with Crippen LogP contribution in [0.25, 0.3) is 0 Å². The molecule has 0 radical (unpaired) electrons. The summed E-state index contributed by atoms with van der Waals surface area (Å²) in [5, 5.41) is 0. The fraction of sp³-hybridized carbons (Fsp3) is 1.00. The van der Waals surface area contributed by atoms with E-state index in [4.69, 9.17) is 5.73 Å². The van der Waals surface area contributed by atoms with Gasteiger partial charge in [0.2, 0.25) is 0 Å². The summed E-state index contributed by atoms with van der Waals surface area (Å²) in [6.07, 6.45) is 8.34. The van der Waals surface area contributed by atoms with E-state index in [1.807, 2.05) is 0 Å².